The molecule has 0 saturated carbocycles. The number of nitrogens with zero attached hydrogens (tertiary/aromatic N) is 1. The lowest BCUT2D eigenvalue weighted by atomic mass is 10.0. The van der Waals surface area contributed by atoms with Crippen molar-refractivity contribution in [1.82, 2.24) is 10.3 Å². The molecule has 1 heterocycles. The molecule has 0 amide bonds. The second kappa shape index (κ2) is 5.78. The highest BCUT2D eigenvalue weighted by atomic mass is 14.9. The van der Waals surface area contributed by atoms with Crippen molar-refractivity contribution in [3.63, 3.8) is 0 Å². The summed E-state index contributed by atoms with van der Waals surface area (Å²) in [5.41, 5.74) is 3.19. The minimum atomic E-state index is 0.148. The quantitative estimate of drug-likeness (QED) is 0.803. The Hall–Kier alpha value is -1.67. The monoisotopic (exact) mass is 240 g/mol. The maximum atomic E-state index is 4.73. The number of hydrogen-bond donors (Lipinski definition) is 1. The first kappa shape index (κ1) is 12.8. The molecule has 2 nitrogen and oxygen atoms in total. The van der Waals surface area contributed by atoms with Crippen LogP contribution in [0.2, 0.25) is 0 Å². The van der Waals surface area contributed by atoms with Crippen molar-refractivity contribution < 1.29 is 0 Å². The summed E-state index contributed by atoms with van der Waals surface area (Å²) >= 11 is 0. The van der Waals surface area contributed by atoms with Gasteiger partial charge in [-0.05, 0) is 32.0 Å². The van der Waals surface area contributed by atoms with E-state index in [0.29, 0.717) is 0 Å². The smallest absolute Gasteiger partial charge is 0.0706 e. The highest BCUT2D eigenvalue weighted by Gasteiger charge is 2.12. The van der Waals surface area contributed by atoms with Crippen molar-refractivity contribution in [1.29, 1.82) is 0 Å². The van der Waals surface area contributed by atoms with Crippen molar-refractivity contribution in [2.75, 3.05) is 6.54 Å². The van der Waals surface area contributed by atoms with Crippen molar-refractivity contribution in [2.45, 2.75) is 26.3 Å². The first-order chi connectivity index (χ1) is 8.72. The normalized spacial score (nSPS) is 12.6. The summed E-state index contributed by atoms with van der Waals surface area (Å²) in [4.78, 5) is 4.73. The van der Waals surface area contributed by atoms with Crippen molar-refractivity contribution in [2.24, 2.45) is 0 Å². The summed E-state index contributed by atoms with van der Waals surface area (Å²) in [7, 11) is 0. The molecule has 1 N–H and O–H groups in total. The third kappa shape index (κ3) is 2.77. The number of fused-ring (bicyclic) bond motifs is 1. The fourth-order valence-electron chi connectivity index (χ4n) is 2.06. The van der Waals surface area contributed by atoms with E-state index in [4.69, 9.17) is 4.98 Å². The van der Waals surface area contributed by atoms with Crippen LogP contribution < -0.4 is 5.32 Å². The van der Waals surface area contributed by atoms with Crippen LogP contribution in [-0.4, -0.2) is 11.5 Å². The van der Waals surface area contributed by atoms with Gasteiger partial charge >= 0.3 is 0 Å². The fraction of sp³-hybridized carbons (Fsp3) is 0.312. The summed E-state index contributed by atoms with van der Waals surface area (Å²) in [6, 6.07) is 12.6. The molecule has 0 saturated heterocycles. The molecule has 18 heavy (non-hydrogen) atoms. The van der Waals surface area contributed by atoms with Gasteiger partial charge in [-0.25, -0.2) is 0 Å². The van der Waals surface area contributed by atoms with Gasteiger partial charge in [0.05, 0.1) is 17.3 Å². The molecule has 1 atom stereocenters. The fourth-order valence-corrected chi connectivity index (χ4v) is 2.06. The Kier molecular flexibility index (Phi) is 4.11. The topological polar surface area (TPSA) is 24.9 Å². The van der Waals surface area contributed by atoms with Crippen LogP contribution in [0.15, 0.2) is 48.6 Å². The first-order valence-electron chi connectivity index (χ1n) is 6.47. The number of benzene rings is 1. The van der Waals surface area contributed by atoms with Gasteiger partial charge < -0.3 is 5.32 Å². The zero-order valence-corrected chi connectivity index (χ0v) is 11.1. The Morgan fingerprint density at radius 2 is 2.06 bits per heavy atom. The maximum Gasteiger partial charge on any atom is 0.0706 e. The number of para-hydroxylation sites is 1. The van der Waals surface area contributed by atoms with Gasteiger partial charge in [0.2, 0.25) is 0 Å². The van der Waals surface area contributed by atoms with Crippen LogP contribution >= 0.6 is 0 Å². The third-order valence-corrected chi connectivity index (χ3v) is 3.01. The van der Waals surface area contributed by atoms with Crippen LogP contribution in [0, 0.1) is 0 Å². The highest BCUT2D eigenvalue weighted by Crippen LogP contribution is 2.21. The van der Waals surface area contributed by atoms with Crippen LogP contribution in [0.4, 0.5) is 0 Å². The molecule has 2 heteroatoms. The van der Waals surface area contributed by atoms with Gasteiger partial charge in [-0.15, -0.1) is 0 Å². The van der Waals surface area contributed by atoms with E-state index in [1.54, 1.807) is 0 Å². The molecule has 1 aromatic carbocycles. The second-order valence-corrected chi connectivity index (χ2v) is 4.66. The molecule has 0 fully saturated rings. The van der Waals surface area contributed by atoms with Crippen LogP contribution in [-0.2, 0) is 0 Å². The molecule has 0 radical (unpaired) electrons. The number of pyridine rings is 1. The standard InChI is InChI=1S/C16H20N2/c1-4-11-17-16(12(2)3)15-10-9-13-7-5-6-8-14(13)18-15/h5-10,16-17H,2,4,11H2,1,3H3. The van der Waals surface area contributed by atoms with E-state index in [9.17, 15) is 0 Å². The van der Waals surface area contributed by atoms with E-state index < -0.39 is 0 Å². The zero-order chi connectivity index (χ0) is 13.0. The minimum Gasteiger partial charge on any atom is -0.305 e. The summed E-state index contributed by atoms with van der Waals surface area (Å²) in [5, 5.41) is 4.67. The number of rotatable bonds is 5. The lowest BCUT2D eigenvalue weighted by molar-refractivity contribution is 0.580. The SMILES string of the molecule is C=C(C)C(NCCC)c1ccc2ccccc2n1. The van der Waals surface area contributed by atoms with Crippen molar-refractivity contribution in [3.8, 4) is 0 Å². The third-order valence-electron chi connectivity index (χ3n) is 3.01. The lowest BCUT2D eigenvalue weighted by Crippen LogP contribution is -2.23. The summed E-state index contributed by atoms with van der Waals surface area (Å²) in [6.07, 6.45) is 1.11. The van der Waals surface area contributed by atoms with Crippen LogP contribution in [0.1, 0.15) is 32.0 Å². The molecule has 1 unspecified atom stereocenters. The largest absolute Gasteiger partial charge is 0.305 e. The summed E-state index contributed by atoms with van der Waals surface area (Å²) in [6.45, 7) is 9.25. The predicted molar refractivity (Wildman–Crippen MR) is 77.6 cm³/mol. The number of hydrogen-bond acceptors (Lipinski definition) is 2. The molecule has 1 aromatic heterocycles. The summed E-state index contributed by atoms with van der Waals surface area (Å²) < 4.78 is 0. The van der Waals surface area contributed by atoms with E-state index in [-0.39, 0.29) is 6.04 Å². The van der Waals surface area contributed by atoms with Gasteiger partial charge in [0.15, 0.2) is 0 Å². The molecule has 0 bridgehead atoms. The van der Waals surface area contributed by atoms with E-state index in [1.807, 2.05) is 25.1 Å². The molecule has 94 valence electrons. The van der Waals surface area contributed by atoms with E-state index >= 15 is 0 Å². The Bertz CT molecular complexity index is 546. The second-order valence-electron chi connectivity index (χ2n) is 4.66. The number of aromatic nitrogens is 1. The van der Waals surface area contributed by atoms with Crippen LogP contribution in [0.5, 0.6) is 0 Å². The Balaban J connectivity index is 2.35. The summed E-state index contributed by atoms with van der Waals surface area (Å²) in [5.74, 6) is 0. The van der Waals surface area contributed by atoms with Gasteiger partial charge in [0, 0.05) is 5.39 Å². The highest BCUT2D eigenvalue weighted by molar-refractivity contribution is 5.78. The predicted octanol–water partition coefficient (Wildman–Crippen LogP) is 3.85. The Morgan fingerprint density at radius 3 is 2.78 bits per heavy atom. The first-order valence-corrected chi connectivity index (χ1v) is 6.47. The molecule has 0 aliphatic carbocycles. The molecule has 2 rings (SSSR count). The lowest BCUT2D eigenvalue weighted by Gasteiger charge is -2.18. The molecule has 0 aliphatic heterocycles. The minimum absolute atomic E-state index is 0.148. The molecular weight excluding hydrogens is 220 g/mol. The molecular formula is C16H20N2. The maximum absolute atomic E-state index is 4.73. The average Bonchev–Trinajstić information content (AvgIpc) is 2.38. The van der Waals surface area contributed by atoms with Gasteiger partial charge in [0.1, 0.15) is 0 Å². The van der Waals surface area contributed by atoms with Gasteiger partial charge in [-0.2, -0.15) is 0 Å². The Morgan fingerprint density at radius 1 is 1.28 bits per heavy atom. The van der Waals surface area contributed by atoms with Gasteiger partial charge in [0.25, 0.3) is 0 Å². The molecule has 2 aromatic rings. The van der Waals surface area contributed by atoms with Crippen LogP contribution in [0.25, 0.3) is 10.9 Å². The van der Waals surface area contributed by atoms with Gasteiger partial charge in [-0.3, -0.25) is 4.98 Å². The van der Waals surface area contributed by atoms with Crippen LogP contribution in [0.3, 0.4) is 0 Å². The zero-order valence-electron chi connectivity index (χ0n) is 11.1. The average molecular weight is 240 g/mol. The van der Waals surface area contributed by atoms with E-state index in [2.05, 4.69) is 37.0 Å². The van der Waals surface area contributed by atoms with E-state index in [1.165, 1.54) is 5.39 Å². The molecule has 0 spiro atoms. The number of nitrogens with one attached hydrogen (secondary N) is 1. The van der Waals surface area contributed by atoms with Crippen molar-refractivity contribution in [3.05, 3.63) is 54.2 Å². The van der Waals surface area contributed by atoms with E-state index in [0.717, 1.165) is 29.7 Å². The Labute approximate surface area is 109 Å². The van der Waals surface area contributed by atoms with Gasteiger partial charge in [-0.1, -0.05) is 43.3 Å². The molecule has 0 aliphatic rings. The van der Waals surface area contributed by atoms with Crippen molar-refractivity contribution >= 4 is 10.9 Å².